The molecule has 1 aliphatic rings. The van der Waals surface area contributed by atoms with Crippen molar-refractivity contribution in [1.29, 1.82) is 0 Å². The standard InChI is InChI=1S/C9H12N2O2S/c1-6(12)7-8(13)11-4-3-5-14-9(11)10(7)2/h3-5H2,1-2H3/p+1. The van der Waals surface area contributed by atoms with Crippen molar-refractivity contribution in [2.45, 2.75) is 25.0 Å². The van der Waals surface area contributed by atoms with Crippen LogP contribution in [0, 0.1) is 0 Å². The Bertz CT molecular complexity index is 369. The zero-order chi connectivity index (χ0) is 10.3. The third kappa shape index (κ3) is 1.23. The molecular weight excluding hydrogens is 200 g/mol. The van der Waals surface area contributed by atoms with Gasteiger partial charge in [-0.3, -0.25) is 4.79 Å². The number of imidazole rings is 1. The Morgan fingerprint density at radius 3 is 2.93 bits per heavy atom. The second kappa shape index (κ2) is 3.31. The van der Waals surface area contributed by atoms with E-state index >= 15 is 0 Å². The Morgan fingerprint density at radius 2 is 2.36 bits per heavy atom. The summed E-state index contributed by atoms with van der Waals surface area (Å²) in [6.45, 7) is 2.28. The van der Waals surface area contributed by atoms with E-state index in [4.69, 9.17) is 0 Å². The van der Waals surface area contributed by atoms with Crippen LogP contribution in [0.4, 0.5) is 0 Å². The van der Waals surface area contributed by atoms with E-state index in [1.165, 1.54) is 6.92 Å². The van der Waals surface area contributed by atoms with Gasteiger partial charge in [-0.05, 0) is 18.2 Å². The number of carbonyl (C=O) groups is 1. The van der Waals surface area contributed by atoms with Crippen LogP contribution in [-0.4, -0.2) is 21.2 Å². The van der Waals surface area contributed by atoms with E-state index in [0.29, 0.717) is 5.69 Å². The van der Waals surface area contributed by atoms with Crippen molar-refractivity contribution in [2.24, 2.45) is 7.05 Å². The Morgan fingerprint density at radius 1 is 1.64 bits per heavy atom. The van der Waals surface area contributed by atoms with Gasteiger partial charge in [-0.15, -0.1) is 0 Å². The summed E-state index contributed by atoms with van der Waals surface area (Å²) in [4.78, 5) is 11.3. The van der Waals surface area contributed by atoms with Crippen LogP contribution in [0.2, 0.25) is 0 Å². The molecule has 5 heteroatoms. The van der Waals surface area contributed by atoms with E-state index in [1.807, 2.05) is 11.6 Å². The maximum Gasteiger partial charge on any atom is 0.334 e. The lowest BCUT2D eigenvalue weighted by molar-refractivity contribution is -0.739. The molecule has 0 saturated carbocycles. The summed E-state index contributed by atoms with van der Waals surface area (Å²) in [5.74, 6) is 1.07. The molecule has 2 rings (SSSR count). The van der Waals surface area contributed by atoms with Crippen molar-refractivity contribution in [1.82, 2.24) is 4.57 Å². The van der Waals surface area contributed by atoms with E-state index < -0.39 is 0 Å². The van der Waals surface area contributed by atoms with Gasteiger partial charge in [-0.25, -0.2) is 4.57 Å². The fraction of sp³-hybridized carbons (Fsp3) is 0.556. The van der Waals surface area contributed by atoms with E-state index in [0.717, 1.165) is 23.9 Å². The molecule has 0 amide bonds. The lowest BCUT2D eigenvalue weighted by Gasteiger charge is -2.06. The number of carbonyl (C=O) groups excluding carboxylic acids is 1. The molecule has 1 aliphatic heterocycles. The molecule has 0 fully saturated rings. The first-order valence-electron chi connectivity index (χ1n) is 4.58. The topological polar surface area (TPSA) is 46.1 Å². The molecule has 0 aliphatic carbocycles. The van der Waals surface area contributed by atoms with Crippen molar-refractivity contribution >= 4 is 17.5 Å². The van der Waals surface area contributed by atoms with E-state index in [9.17, 15) is 9.90 Å². The van der Waals surface area contributed by atoms with Crippen molar-refractivity contribution in [2.75, 3.05) is 5.75 Å². The Hall–Kier alpha value is -0.970. The van der Waals surface area contributed by atoms with Crippen LogP contribution >= 0.6 is 11.8 Å². The molecule has 1 aromatic heterocycles. The summed E-state index contributed by atoms with van der Waals surface area (Å²) in [6, 6.07) is 0. The molecule has 4 nitrogen and oxygen atoms in total. The molecule has 0 spiro atoms. The number of Topliss-reactive ketones (excluding diaryl/α,β-unsaturated/α-hetero) is 1. The monoisotopic (exact) mass is 213 g/mol. The van der Waals surface area contributed by atoms with Gasteiger partial charge in [-0.1, -0.05) is 0 Å². The summed E-state index contributed by atoms with van der Waals surface area (Å²) in [5.41, 5.74) is 0.411. The maximum atomic E-state index is 11.3. The summed E-state index contributed by atoms with van der Waals surface area (Å²) < 4.78 is 3.59. The minimum atomic E-state index is -0.0903. The predicted octanol–water partition coefficient (Wildman–Crippen LogP) is 0.717. The normalized spacial score (nSPS) is 15.3. The van der Waals surface area contributed by atoms with Crippen LogP contribution in [0.5, 0.6) is 5.88 Å². The van der Waals surface area contributed by atoms with E-state index in [2.05, 4.69) is 0 Å². The lowest BCUT2D eigenvalue weighted by atomic mass is 10.3. The van der Waals surface area contributed by atoms with Gasteiger partial charge in [0.2, 0.25) is 5.78 Å². The summed E-state index contributed by atoms with van der Waals surface area (Å²) >= 11 is 1.68. The Labute approximate surface area is 86.5 Å². The largest absolute Gasteiger partial charge is 0.475 e. The van der Waals surface area contributed by atoms with Crippen LogP contribution in [-0.2, 0) is 13.6 Å². The highest BCUT2D eigenvalue weighted by atomic mass is 32.2. The van der Waals surface area contributed by atoms with Gasteiger partial charge in [0.05, 0.1) is 13.6 Å². The fourth-order valence-corrected chi connectivity index (χ4v) is 2.88. The molecule has 2 heterocycles. The van der Waals surface area contributed by atoms with Crippen LogP contribution in [0.25, 0.3) is 0 Å². The highest BCUT2D eigenvalue weighted by molar-refractivity contribution is 7.99. The first-order chi connectivity index (χ1) is 6.63. The second-order valence-corrected chi connectivity index (χ2v) is 4.49. The lowest BCUT2D eigenvalue weighted by Crippen LogP contribution is -2.38. The van der Waals surface area contributed by atoms with Crippen LogP contribution in [0.1, 0.15) is 23.8 Å². The highest BCUT2D eigenvalue weighted by Crippen LogP contribution is 2.26. The van der Waals surface area contributed by atoms with Gasteiger partial charge in [0.15, 0.2) is 0 Å². The number of thioether (sulfide) groups is 1. The molecule has 0 aromatic carbocycles. The quantitative estimate of drug-likeness (QED) is 0.552. The number of nitrogens with zero attached hydrogens (tertiary/aromatic N) is 2. The van der Waals surface area contributed by atoms with Gasteiger partial charge in [-0.2, -0.15) is 4.57 Å². The van der Waals surface area contributed by atoms with Gasteiger partial charge in [0.1, 0.15) is 0 Å². The molecule has 0 unspecified atom stereocenters. The van der Waals surface area contributed by atoms with Crippen molar-refractivity contribution in [3.8, 4) is 5.88 Å². The molecular formula is C9H13N2O2S+. The minimum Gasteiger partial charge on any atom is -0.475 e. The number of rotatable bonds is 1. The summed E-state index contributed by atoms with van der Waals surface area (Å²) in [7, 11) is 1.82. The van der Waals surface area contributed by atoms with Gasteiger partial charge in [0, 0.05) is 12.7 Å². The highest BCUT2D eigenvalue weighted by Gasteiger charge is 2.33. The Balaban J connectivity index is 2.63. The molecule has 0 atom stereocenters. The summed E-state index contributed by atoms with van der Waals surface area (Å²) in [5, 5.41) is 10.8. The van der Waals surface area contributed by atoms with E-state index in [1.54, 1.807) is 16.3 Å². The third-order valence-corrected chi connectivity index (χ3v) is 3.66. The smallest absolute Gasteiger partial charge is 0.334 e. The number of aromatic nitrogens is 2. The zero-order valence-corrected chi connectivity index (χ0v) is 9.10. The number of hydrogen-bond donors (Lipinski definition) is 1. The van der Waals surface area contributed by atoms with Crippen LogP contribution < -0.4 is 4.57 Å². The van der Waals surface area contributed by atoms with Crippen LogP contribution in [0.3, 0.4) is 0 Å². The zero-order valence-electron chi connectivity index (χ0n) is 8.28. The molecule has 0 radical (unpaired) electrons. The minimum absolute atomic E-state index is 0.0903. The van der Waals surface area contributed by atoms with Crippen molar-refractivity contribution in [3.63, 3.8) is 0 Å². The average molecular weight is 213 g/mol. The van der Waals surface area contributed by atoms with E-state index in [-0.39, 0.29) is 11.7 Å². The SMILES string of the molecule is CC(=O)c1c(O)[n+]2c(n1C)SCCC2. The van der Waals surface area contributed by atoms with Crippen molar-refractivity contribution < 1.29 is 14.5 Å². The average Bonchev–Trinajstić information content (AvgIpc) is 2.41. The first-order valence-corrected chi connectivity index (χ1v) is 5.56. The maximum absolute atomic E-state index is 11.3. The first kappa shape index (κ1) is 9.58. The van der Waals surface area contributed by atoms with Crippen LogP contribution in [0.15, 0.2) is 5.16 Å². The van der Waals surface area contributed by atoms with Gasteiger partial charge in [0.25, 0.3) is 5.69 Å². The molecule has 0 bridgehead atoms. The molecule has 1 N–H and O–H groups in total. The molecule has 14 heavy (non-hydrogen) atoms. The molecule has 0 saturated heterocycles. The predicted molar refractivity (Wildman–Crippen MR) is 52.6 cm³/mol. The molecule has 76 valence electrons. The number of hydrogen-bond acceptors (Lipinski definition) is 3. The Kier molecular flexibility index (Phi) is 2.26. The number of ketones is 1. The number of fused-ring (bicyclic) bond motifs is 1. The fourth-order valence-electron chi connectivity index (χ4n) is 1.80. The summed E-state index contributed by atoms with van der Waals surface area (Å²) in [6.07, 6.45) is 1.04. The second-order valence-electron chi connectivity index (χ2n) is 3.42. The molecule has 1 aromatic rings. The third-order valence-electron chi connectivity index (χ3n) is 2.41. The number of aromatic hydroxyl groups is 1. The van der Waals surface area contributed by atoms with Gasteiger partial charge >= 0.3 is 11.0 Å². The van der Waals surface area contributed by atoms with Gasteiger partial charge < -0.3 is 5.11 Å². The van der Waals surface area contributed by atoms with Crippen molar-refractivity contribution in [3.05, 3.63) is 5.69 Å².